The Bertz CT molecular complexity index is 215. The summed E-state index contributed by atoms with van der Waals surface area (Å²) in [4.78, 5) is 11.8. The number of hydrogen-bond acceptors (Lipinski definition) is 3. The maximum Gasteiger partial charge on any atom is 0.220 e. The summed E-state index contributed by atoms with van der Waals surface area (Å²) in [6, 6.07) is 0. The monoisotopic (exact) mass is 244 g/mol. The summed E-state index contributed by atoms with van der Waals surface area (Å²) in [6.07, 6.45) is 8.69. The Hall–Kier alpha value is -0.220. The van der Waals surface area contributed by atoms with Crippen LogP contribution >= 0.6 is 11.8 Å². The first-order chi connectivity index (χ1) is 7.72. The van der Waals surface area contributed by atoms with Gasteiger partial charge in [0.2, 0.25) is 5.91 Å². The largest absolute Gasteiger partial charge is 0.355 e. The van der Waals surface area contributed by atoms with Crippen molar-refractivity contribution < 1.29 is 4.79 Å². The van der Waals surface area contributed by atoms with Crippen LogP contribution in [0, 0.1) is 5.41 Å². The number of amides is 1. The third-order valence-electron chi connectivity index (χ3n) is 3.51. The Morgan fingerprint density at radius 1 is 1.38 bits per heavy atom. The van der Waals surface area contributed by atoms with Gasteiger partial charge in [-0.2, -0.15) is 11.8 Å². The highest BCUT2D eigenvalue weighted by Crippen LogP contribution is 2.38. The molecule has 94 valence electrons. The van der Waals surface area contributed by atoms with Crippen LogP contribution in [0.4, 0.5) is 0 Å². The third kappa shape index (κ3) is 4.34. The van der Waals surface area contributed by atoms with Gasteiger partial charge in [0.1, 0.15) is 0 Å². The van der Waals surface area contributed by atoms with E-state index >= 15 is 0 Å². The van der Waals surface area contributed by atoms with Crippen molar-refractivity contribution in [2.45, 2.75) is 38.5 Å². The Morgan fingerprint density at radius 2 is 2.06 bits per heavy atom. The predicted molar refractivity (Wildman–Crippen MR) is 70.6 cm³/mol. The van der Waals surface area contributed by atoms with E-state index < -0.39 is 0 Å². The number of nitrogens with one attached hydrogen (secondary N) is 1. The molecule has 0 aromatic heterocycles. The van der Waals surface area contributed by atoms with E-state index in [9.17, 15) is 4.79 Å². The van der Waals surface area contributed by atoms with Gasteiger partial charge in [0.15, 0.2) is 0 Å². The standard InChI is InChI=1S/C12H24N2OS/c1-16-8-7-14-11(15)9-12(10-13)5-3-2-4-6-12/h2-10,13H2,1H3,(H,14,15). The van der Waals surface area contributed by atoms with Gasteiger partial charge in [-0.25, -0.2) is 0 Å². The van der Waals surface area contributed by atoms with E-state index in [0.29, 0.717) is 13.0 Å². The maximum absolute atomic E-state index is 11.8. The molecule has 0 radical (unpaired) electrons. The van der Waals surface area contributed by atoms with Crippen LogP contribution in [-0.4, -0.2) is 31.0 Å². The molecule has 0 heterocycles. The van der Waals surface area contributed by atoms with Crippen LogP contribution in [0.3, 0.4) is 0 Å². The Balaban J connectivity index is 2.33. The van der Waals surface area contributed by atoms with Crippen LogP contribution in [0.15, 0.2) is 0 Å². The average molecular weight is 244 g/mol. The van der Waals surface area contributed by atoms with Crippen LogP contribution in [0.1, 0.15) is 38.5 Å². The minimum absolute atomic E-state index is 0.0989. The number of nitrogens with two attached hydrogens (primary N) is 1. The molecule has 3 nitrogen and oxygen atoms in total. The van der Waals surface area contributed by atoms with Crippen molar-refractivity contribution in [1.29, 1.82) is 0 Å². The first-order valence-corrected chi connectivity index (χ1v) is 7.57. The second kappa shape index (κ2) is 7.17. The molecule has 1 saturated carbocycles. The van der Waals surface area contributed by atoms with E-state index in [2.05, 4.69) is 11.6 Å². The summed E-state index contributed by atoms with van der Waals surface area (Å²) in [5, 5.41) is 2.97. The van der Waals surface area contributed by atoms with E-state index in [-0.39, 0.29) is 11.3 Å². The van der Waals surface area contributed by atoms with Crippen molar-refractivity contribution in [2.24, 2.45) is 11.1 Å². The lowest BCUT2D eigenvalue weighted by Crippen LogP contribution is -2.39. The molecule has 0 saturated heterocycles. The van der Waals surface area contributed by atoms with Crippen molar-refractivity contribution in [2.75, 3.05) is 25.1 Å². The van der Waals surface area contributed by atoms with Gasteiger partial charge in [-0.1, -0.05) is 19.3 Å². The molecular formula is C12H24N2OS. The quantitative estimate of drug-likeness (QED) is 0.700. The zero-order valence-corrected chi connectivity index (χ0v) is 11.1. The third-order valence-corrected chi connectivity index (χ3v) is 4.12. The molecule has 1 fully saturated rings. The maximum atomic E-state index is 11.8. The van der Waals surface area contributed by atoms with Gasteiger partial charge in [0.25, 0.3) is 0 Å². The molecule has 0 aromatic rings. The Kier molecular flexibility index (Phi) is 6.21. The molecule has 1 aliphatic carbocycles. The summed E-state index contributed by atoms with van der Waals surface area (Å²) in [5.41, 5.74) is 5.96. The minimum Gasteiger partial charge on any atom is -0.355 e. The Labute approximate surface area is 103 Å². The minimum atomic E-state index is 0.0989. The molecule has 0 aromatic carbocycles. The number of carbonyl (C=O) groups is 1. The van der Waals surface area contributed by atoms with Crippen LogP contribution < -0.4 is 11.1 Å². The van der Waals surface area contributed by atoms with E-state index in [4.69, 9.17) is 5.73 Å². The van der Waals surface area contributed by atoms with Gasteiger partial charge in [0, 0.05) is 18.7 Å². The molecule has 4 heteroatoms. The molecule has 1 amide bonds. The zero-order valence-electron chi connectivity index (χ0n) is 10.3. The lowest BCUT2D eigenvalue weighted by atomic mass is 9.72. The van der Waals surface area contributed by atoms with Gasteiger partial charge in [0.05, 0.1) is 0 Å². The van der Waals surface area contributed by atoms with Crippen molar-refractivity contribution in [3.63, 3.8) is 0 Å². The van der Waals surface area contributed by atoms with Crippen molar-refractivity contribution in [1.82, 2.24) is 5.32 Å². The fourth-order valence-electron chi connectivity index (χ4n) is 2.45. The fourth-order valence-corrected chi connectivity index (χ4v) is 2.76. The summed E-state index contributed by atoms with van der Waals surface area (Å²) in [7, 11) is 0. The van der Waals surface area contributed by atoms with Crippen molar-refractivity contribution >= 4 is 17.7 Å². The summed E-state index contributed by atoms with van der Waals surface area (Å²) in [5.74, 6) is 1.17. The molecule has 0 atom stereocenters. The van der Waals surface area contributed by atoms with Crippen LogP contribution in [0.5, 0.6) is 0 Å². The van der Waals surface area contributed by atoms with Gasteiger partial charge < -0.3 is 11.1 Å². The smallest absolute Gasteiger partial charge is 0.220 e. The van der Waals surface area contributed by atoms with E-state index in [1.54, 1.807) is 11.8 Å². The van der Waals surface area contributed by atoms with Gasteiger partial charge in [-0.05, 0) is 31.1 Å². The highest BCUT2D eigenvalue weighted by atomic mass is 32.2. The van der Waals surface area contributed by atoms with E-state index in [1.165, 1.54) is 19.3 Å². The summed E-state index contributed by atoms with van der Waals surface area (Å²) >= 11 is 1.76. The number of thioether (sulfide) groups is 1. The van der Waals surface area contributed by atoms with Gasteiger partial charge >= 0.3 is 0 Å². The Morgan fingerprint density at radius 3 is 2.62 bits per heavy atom. The fraction of sp³-hybridized carbons (Fsp3) is 0.917. The lowest BCUT2D eigenvalue weighted by molar-refractivity contribution is -0.123. The highest BCUT2D eigenvalue weighted by Gasteiger charge is 2.32. The van der Waals surface area contributed by atoms with E-state index in [1.807, 2.05) is 0 Å². The molecular weight excluding hydrogens is 220 g/mol. The number of carbonyl (C=O) groups excluding carboxylic acids is 1. The average Bonchev–Trinajstić information content (AvgIpc) is 2.30. The number of rotatable bonds is 6. The molecule has 0 aliphatic heterocycles. The molecule has 1 aliphatic rings. The molecule has 16 heavy (non-hydrogen) atoms. The topological polar surface area (TPSA) is 55.1 Å². The highest BCUT2D eigenvalue weighted by molar-refractivity contribution is 7.98. The van der Waals surface area contributed by atoms with Crippen LogP contribution in [0.25, 0.3) is 0 Å². The van der Waals surface area contributed by atoms with Crippen LogP contribution in [-0.2, 0) is 4.79 Å². The van der Waals surface area contributed by atoms with Gasteiger partial charge in [-0.3, -0.25) is 4.79 Å². The molecule has 0 bridgehead atoms. The first kappa shape index (κ1) is 13.8. The van der Waals surface area contributed by atoms with Crippen molar-refractivity contribution in [3.05, 3.63) is 0 Å². The second-order valence-corrected chi connectivity index (χ2v) is 5.77. The van der Waals surface area contributed by atoms with E-state index in [0.717, 1.165) is 25.1 Å². The summed E-state index contributed by atoms with van der Waals surface area (Å²) in [6.45, 7) is 1.43. The molecule has 3 N–H and O–H groups in total. The lowest BCUT2D eigenvalue weighted by Gasteiger charge is -2.35. The second-order valence-electron chi connectivity index (χ2n) is 4.78. The summed E-state index contributed by atoms with van der Waals surface area (Å²) < 4.78 is 0. The molecule has 0 spiro atoms. The SMILES string of the molecule is CSCCNC(=O)CC1(CN)CCCCC1. The zero-order chi connectivity index (χ0) is 11.9. The van der Waals surface area contributed by atoms with Crippen LogP contribution in [0.2, 0.25) is 0 Å². The molecule has 0 unspecified atom stereocenters. The van der Waals surface area contributed by atoms with Gasteiger partial charge in [-0.15, -0.1) is 0 Å². The first-order valence-electron chi connectivity index (χ1n) is 6.18. The molecule has 1 rings (SSSR count). The number of hydrogen-bond donors (Lipinski definition) is 2. The predicted octanol–water partition coefficient (Wildman–Crippen LogP) is 1.76. The van der Waals surface area contributed by atoms with Crippen molar-refractivity contribution in [3.8, 4) is 0 Å². The normalized spacial score (nSPS) is 19.4.